The smallest absolute Gasteiger partial charge is 0.294 e. The standard InChI is InChI=1S/C22H23N5O3/c28-22(19-7-8-20(21(13-19)27(29)30)26-12-9-23-16-26)24-14-17-3-5-18(6-4-17)15-25-10-1-2-11-25/h3-9,12-13,16H,1-2,10-11,14-15H2,(H,24,28). The Morgan fingerprint density at radius 3 is 2.50 bits per heavy atom. The molecule has 30 heavy (non-hydrogen) atoms. The predicted octanol–water partition coefficient (Wildman–Crippen LogP) is 3.31. The third kappa shape index (κ3) is 4.55. The van der Waals surface area contributed by atoms with Crippen LogP contribution in [0.5, 0.6) is 0 Å². The van der Waals surface area contributed by atoms with Crippen LogP contribution in [-0.4, -0.2) is 38.4 Å². The molecule has 4 rings (SSSR count). The molecule has 154 valence electrons. The monoisotopic (exact) mass is 405 g/mol. The first-order valence-electron chi connectivity index (χ1n) is 9.95. The molecule has 1 saturated heterocycles. The molecule has 2 aromatic carbocycles. The number of hydrogen-bond acceptors (Lipinski definition) is 5. The van der Waals surface area contributed by atoms with Crippen molar-refractivity contribution in [2.24, 2.45) is 0 Å². The van der Waals surface area contributed by atoms with Gasteiger partial charge in [0.05, 0.1) is 11.3 Å². The van der Waals surface area contributed by atoms with Crippen molar-refractivity contribution in [1.82, 2.24) is 19.8 Å². The van der Waals surface area contributed by atoms with E-state index in [9.17, 15) is 14.9 Å². The zero-order valence-corrected chi connectivity index (χ0v) is 16.5. The van der Waals surface area contributed by atoms with Gasteiger partial charge in [-0.05, 0) is 49.2 Å². The van der Waals surface area contributed by atoms with Crippen LogP contribution in [0.1, 0.15) is 34.3 Å². The second-order valence-electron chi connectivity index (χ2n) is 7.41. The van der Waals surface area contributed by atoms with E-state index in [0.29, 0.717) is 12.2 Å². The fourth-order valence-corrected chi connectivity index (χ4v) is 3.68. The zero-order valence-electron chi connectivity index (χ0n) is 16.5. The normalized spacial score (nSPS) is 14.0. The largest absolute Gasteiger partial charge is 0.348 e. The van der Waals surface area contributed by atoms with Crippen molar-refractivity contribution in [2.75, 3.05) is 13.1 Å². The van der Waals surface area contributed by atoms with Crippen LogP contribution in [0.15, 0.2) is 61.2 Å². The molecule has 8 heteroatoms. The lowest BCUT2D eigenvalue weighted by atomic mass is 10.1. The van der Waals surface area contributed by atoms with E-state index in [1.165, 1.54) is 30.8 Å². The minimum Gasteiger partial charge on any atom is -0.348 e. The molecular weight excluding hydrogens is 382 g/mol. The van der Waals surface area contributed by atoms with E-state index in [-0.39, 0.29) is 17.2 Å². The Labute approximate surface area is 174 Å². The van der Waals surface area contributed by atoms with Crippen LogP contribution in [-0.2, 0) is 13.1 Å². The van der Waals surface area contributed by atoms with Crippen LogP contribution in [0.4, 0.5) is 5.69 Å². The molecule has 1 aliphatic heterocycles. The molecule has 8 nitrogen and oxygen atoms in total. The second kappa shape index (κ2) is 8.87. The number of aromatic nitrogens is 2. The van der Waals surface area contributed by atoms with Crippen molar-refractivity contribution < 1.29 is 9.72 Å². The minimum atomic E-state index is -0.495. The van der Waals surface area contributed by atoms with Crippen LogP contribution >= 0.6 is 0 Å². The van der Waals surface area contributed by atoms with Crippen molar-refractivity contribution in [3.05, 3.63) is 88.0 Å². The number of benzene rings is 2. The lowest BCUT2D eigenvalue weighted by Crippen LogP contribution is -2.23. The fourth-order valence-electron chi connectivity index (χ4n) is 3.68. The van der Waals surface area contributed by atoms with Crippen LogP contribution in [0.25, 0.3) is 5.69 Å². The summed E-state index contributed by atoms with van der Waals surface area (Å²) in [5, 5.41) is 14.3. The summed E-state index contributed by atoms with van der Waals surface area (Å²) in [7, 11) is 0. The van der Waals surface area contributed by atoms with Crippen molar-refractivity contribution >= 4 is 11.6 Å². The van der Waals surface area contributed by atoms with Gasteiger partial charge < -0.3 is 9.88 Å². The Morgan fingerprint density at radius 1 is 1.10 bits per heavy atom. The van der Waals surface area contributed by atoms with Gasteiger partial charge in [0.25, 0.3) is 11.6 Å². The molecule has 3 aromatic rings. The summed E-state index contributed by atoms with van der Waals surface area (Å²) in [6.07, 6.45) is 7.18. The molecule has 1 N–H and O–H groups in total. The average molecular weight is 405 g/mol. The van der Waals surface area contributed by atoms with Gasteiger partial charge >= 0.3 is 0 Å². The number of amides is 1. The van der Waals surface area contributed by atoms with Gasteiger partial charge in [0.2, 0.25) is 0 Å². The third-order valence-corrected chi connectivity index (χ3v) is 5.30. The summed E-state index contributed by atoms with van der Waals surface area (Å²) in [5.74, 6) is -0.351. The van der Waals surface area contributed by atoms with Crippen molar-refractivity contribution in [3.63, 3.8) is 0 Å². The number of hydrogen-bond donors (Lipinski definition) is 1. The van der Waals surface area contributed by atoms with E-state index in [0.717, 1.165) is 25.2 Å². The van der Waals surface area contributed by atoms with E-state index in [1.54, 1.807) is 29.1 Å². The molecule has 0 unspecified atom stereocenters. The highest BCUT2D eigenvalue weighted by Gasteiger charge is 2.18. The maximum absolute atomic E-state index is 12.5. The maximum Gasteiger partial charge on any atom is 0.294 e. The molecule has 0 saturated carbocycles. The summed E-state index contributed by atoms with van der Waals surface area (Å²) in [4.78, 5) is 29.9. The Hall–Kier alpha value is -3.52. The Morgan fingerprint density at radius 2 is 1.83 bits per heavy atom. The number of imidazole rings is 1. The van der Waals surface area contributed by atoms with Gasteiger partial charge in [-0.2, -0.15) is 0 Å². The molecule has 2 heterocycles. The molecule has 1 fully saturated rings. The number of carbonyl (C=O) groups excluding carboxylic acids is 1. The molecular formula is C22H23N5O3. The van der Waals surface area contributed by atoms with E-state index in [4.69, 9.17) is 0 Å². The quantitative estimate of drug-likeness (QED) is 0.481. The first-order chi connectivity index (χ1) is 14.6. The average Bonchev–Trinajstić information content (AvgIpc) is 3.47. The summed E-state index contributed by atoms with van der Waals surface area (Å²) < 4.78 is 1.55. The Kier molecular flexibility index (Phi) is 5.85. The van der Waals surface area contributed by atoms with Gasteiger partial charge in [0, 0.05) is 37.1 Å². The summed E-state index contributed by atoms with van der Waals surface area (Å²) >= 11 is 0. The molecule has 0 aliphatic carbocycles. The number of carbonyl (C=O) groups is 1. The predicted molar refractivity (Wildman–Crippen MR) is 112 cm³/mol. The minimum absolute atomic E-state index is 0.146. The molecule has 1 aliphatic rings. The molecule has 0 atom stereocenters. The van der Waals surface area contributed by atoms with E-state index >= 15 is 0 Å². The number of likely N-dealkylation sites (tertiary alicyclic amines) is 1. The number of nitro benzene ring substituents is 1. The Bertz CT molecular complexity index is 1030. The van der Waals surface area contributed by atoms with Gasteiger partial charge in [-0.3, -0.25) is 19.8 Å². The summed E-state index contributed by atoms with van der Waals surface area (Å²) in [5.41, 5.74) is 2.71. The number of nitrogens with zero attached hydrogens (tertiary/aromatic N) is 4. The van der Waals surface area contributed by atoms with Gasteiger partial charge in [-0.15, -0.1) is 0 Å². The van der Waals surface area contributed by atoms with Gasteiger partial charge in [-0.1, -0.05) is 24.3 Å². The summed E-state index contributed by atoms with van der Waals surface area (Å²) in [6, 6.07) is 12.6. The SMILES string of the molecule is O=C(NCc1ccc(CN2CCCC2)cc1)c1ccc(-n2ccnc2)c([N+](=O)[O-])c1. The molecule has 0 bridgehead atoms. The molecule has 0 radical (unpaired) electrons. The van der Waals surface area contributed by atoms with Gasteiger partial charge in [-0.25, -0.2) is 4.98 Å². The highest BCUT2D eigenvalue weighted by atomic mass is 16.6. The van der Waals surface area contributed by atoms with Gasteiger partial charge in [0.15, 0.2) is 0 Å². The van der Waals surface area contributed by atoms with Crippen LogP contribution in [0.2, 0.25) is 0 Å². The lowest BCUT2D eigenvalue weighted by Gasteiger charge is -2.14. The van der Waals surface area contributed by atoms with E-state index in [2.05, 4.69) is 27.3 Å². The van der Waals surface area contributed by atoms with Crippen LogP contribution in [0.3, 0.4) is 0 Å². The molecule has 0 spiro atoms. The third-order valence-electron chi connectivity index (χ3n) is 5.30. The number of nitro groups is 1. The first kappa shape index (κ1) is 19.8. The first-order valence-corrected chi connectivity index (χ1v) is 9.95. The Balaban J connectivity index is 1.40. The zero-order chi connectivity index (χ0) is 20.9. The summed E-state index contributed by atoms with van der Waals surface area (Å²) in [6.45, 7) is 3.63. The van der Waals surface area contributed by atoms with Crippen molar-refractivity contribution in [2.45, 2.75) is 25.9 Å². The van der Waals surface area contributed by atoms with E-state index < -0.39 is 4.92 Å². The maximum atomic E-state index is 12.5. The molecule has 1 aromatic heterocycles. The fraction of sp³-hybridized carbons (Fsp3) is 0.273. The number of rotatable bonds is 7. The highest BCUT2D eigenvalue weighted by molar-refractivity contribution is 5.95. The molecule has 1 amide bonds. The second-order valence-corrected chi connectivity index (χ2v) is 7.41. The lowest BCUT2D eigenvalue weighted by molar-refractivity contribution is -0.384. The number of nitrogens with one attached hydrogen (secondary N) is 1. The van der Waals surface area contributed by atoms with Crippen LogP contribution in [0, 0.1) is 10.1 Å². The van der Waals surface area contributed by atoms with Crippen molar-refractivity contribution in [3.8, 4) is 5.69 Å². The highest BCUT2D eigenvalue weighted by Crippen LogP contribution is 2.24. The van der Waals surface area contributed by atoms with Crippen molar-refractivity contribution in [1.29, 1.82) is 0 Å². The van der Waals surface area contributed by atoms with Crippen LogP contribution < -0.4 is 5.32 Å². The van der Waals surface area contributed by atoms with Gasteiger partial charge in [0.1, 0.15) is 5.69 Å². The topological polar surface area (TPSA) is 93.3 Å². The van der Waals surface area contributed by atoms with E-state index in [1.807, 2.05) is 12.1 Å².